The van der Waals surface area contributed by atoms with Crippen molar-refractivity contribution in [3.63, 3.8) is 0 Å². The fraction of sp³-hybridized carbons (Fsp3) is 0.524. The molecule has 2 aromatic heterocycles. The maximum atomic E-state index is 13.8. The highest BCUT2D eigenvalue weighted by Crippen LogP contribution is 2.50. The van der Waals surface area contributed by atoms with E-state index in [-0.39, 0.29) is 34.1 Å². The minimum Gasteiger partial charge on any atom is -0.339 e. The molecule has 0 spiro atoms. The summed E-state index contributed by atoms with van der Waals surface area (Å²) < 4.78 is 15.7. The van der Waals surface area contributed by atoms with Crippen LogP contribution < -0.4 is 10.6 Å². The molecular weight excluding hydrogens is 453 g/mol. The Labute approximate surface area is 183 Å². The monoisotopic (exact) mass is 477 g/mol. The molecule has 160 valence electrons. The SMILES string of the molecule is CC(C)n1nccc1C(=O)N[C@H](C(=O)Nc1ccc(Br)c(F)n1)C(C1CC1)C1CC1. The van der Waals surface area contributed by atoms with Crippen molar-refractivity contribution in [2.45, 2.75) is 51.6 Å². The lowest BCUT2D eigenvalue weighted by Crippen LogP contribution is -2.50. The fourth-order valence-corrected chi connectivity index (χ4v) is 4.26. The second-order valence-electron chi connectivity index (χ2n) is 8.42. The van der Waals surface area contributed by atoms with E-state index in [2.05, 4.69) is 36.6 Å². The Morgan fingerprint density at radius 3 is 2.40 bits per heavy atom. The highest BCUT2D eigenvalue weighted by Gasteiger charge is 2.48. The molecular formula is C21H25BrFN5O2. The van der Waals surface area contributed by atoms with Gasteiger partial charge in [0, 0.05) is 12.2 Å². The Hall–Kier alpha value is -2.29. The Balaban J connectivity index is 1.57. The number of halogens is 2. The van der Waals surface area contributed by atoms with Gasteiger partial charge in [0.2, 0.25) is 11.9 Å². The number of carbonyl (C=O) groups is 2. The molecule has 2 aliphatic rings. The molecule has 0 saturated heterocycles. The fourth-order valence-electron chi connectivity index (χ4n) is 4.04. The third-order valence-electron chi connectivity index (χ3n) is 5.73. The zero-order valence-electron chi connectivity index (χ0n) is 16.9. The first kappa shape index (κ1) is 21.0. The lowest BCUT2D eigenvalue weighted by atomic mass is 9.88. The molecule has 2 N–H and O–H groups in total. The van der Waals surface area contributed by atoms with Gasteiger partial charge in [0.1, 0.15) is 17.6 Å². The van der Waals surface area contributed by atoms with Crippen LogP contribution in [0, 0.1) is 23.7 Å². The number of pyridine rings is 1. The first-order valence-corrected chi connectivity index (χ1v) is 11.1. The lowest BCUT2D eigenvalue weighted by Gasteiger charge is -2.27. The molecule has 0 aliphatic heterocycles. The van der Waals surface area contributed by atoms with Crippen LogP contribution in [0.15, 0.2) is 28.9 Å². The number of nitrogens with one attached hydrogen (secondary N) is 2. The molecule has 0 unspecified atom stereocenters. The molecule has 4 rings (SSSR count). The molecule has 2 fully saturated rings. The summed E-state index contributed by atoms with van der Waals surface area (Å²) in [6, 6.07) is 3.99. The van der Waals surface area contributed by atoms with Crippen molar-refractivity contribution in [1.82, 2.24) is 20.1 Å². The van der Waals surface area contributed by atoms with Gasteiger partial charge in [-0.3, -0.25) is 14.3 Å². The minimum absolute atomic E-state index is 0.0191. The highest BCUT2D eigenvalue weighted by atomic mass is 79.9. The Kier molecular flexibility index (Phi) is 5.90. The predicted octanol–water partition coefficient (Wildman–Crippen LogP) is 3.93. The van der Waals surface area contributed by atoms with Crippen LogP contribution in [0.3, 0.4) is 0 Å². The first-order valence-electron chi connectivity index (χ1n) is 10.3. The molecule has 1 atom stereocenters. The van der Waals surface area contributed by atoms with E-state index in [9.17, 15) is 14.0 Å². The van der Waals surface area contributed by atoms with Gasteiger partial charge in [-0.2, -0.15) is 9.49 Å². The van der Waals surface area contributed by atoms with Gasteiger partial charge in [-0.1, -0.05) is 0 Å². The predicted molar refractivity (Wildman–Crippen MR) is 113 cm³/mol. The van der Waals surface area contributed by atoms with E-state index in [4.69, 9.17) is 0 Å². The summed E-state index contributed by atoms with van der Waals surface area (Å²) in [6.45, 7) is 3.89. The number of hydrogen-bond acceptors (Lipinski definition) is 4. The zero-order valence-corrected chi connectivity index (χ0v) is 18.5. The molecule has 9 heteroatoms. The number of anilines is 1. The Morgan fingerprint density at radius 1 is 1.17 bits per heavy atom. The van der Waals surface area contributed by atoms with Gasteiger partial charge in [-0.25, -0.2) is 4.98 Å². The van der Waals surface area contributed by atoms with Crippen LogP contribution >= 0.6 is 15.9 Å². The Bertz CT molecular complexity index is 943. The van der Waals surface area contributed by atoms with Crippen molar-refractivity contribution in [2.75, 3.05) is 5.32 Å². The van der Waals surface area contributed by atoms with Gasteiger partial charge in [0.05, 0.1) is 4.47 Å². The molecule has 30 heavy (non-hydrogen) atoms. The van der Waals surface area contributed by atoms with Crippen LogP contribution in [0.25, 0.3) is 0 Å². The van der Waals surface area contributed by atoms with Crippen LogP contribution in [0.2, 0.25) is 0 Å². The highest BCUT2D eigenvalue weighted by molar-refractivity contribution is 9.10. The van der Waals surface area contributed by atoms with Gasteiger partial charge >= 0.3 is 0 Å². The second kappa shape index (κ2) is 8.45. The maximum Gasteiger partial charge on any atom is 0.270 e. The number of amides is 2. The van der Waals surface area contributed by atoms with Gasteiger partial charge < -0.3 is 10.6 Å². The van der Waals surface area contributed by atoms with E-state index < -0.39 is 12.0 Å². The topological polar surface area (TPSA) is 88.9 Å². The second-order valence-corrected chi connectivity index (χ2v) is 9.27. The molecule has 2 aromatic rings. The summed E-state index contributed by atoms with van der Waals surface area (Å²) in [5, 5.41) is 9.87. The molecule has 2 amide bonds. The third kappa shape index (κ3) is 4.55. The smallest absolute Gasteiger partial charge is 0.270 e. The van der Waals surface area contributed by atoms with Crippen LogP contribution in [-0.4, -0.2) is 32.6 Å². The van der Waals surface area contributed by atoms with Crippen molar-refractivity contribution >= 4 is 33.6 Å². The van der Waals surface area contributed by atoms with Crippen molar-refractivity contribution in [2.24, 2.45) is 17.8 Å². The van der Waals surface area contributed by atoms with E-state index in [0.29, 0.717) is 17.5 Å². The molecule has 2 heterocycles. The van der Waals surface area contributed by atoms with Gasteiger partial charge in [0.15, 0.2) is 0 Å². The van der Waals surface area contributed by atoms with Crippen LogP contribution in [-0.2, 0) is 4.79 Å². The van der Waals surface area contributed by atoms with E-state index in [1.54, 1.807) is 16.9 Å². The van der Waals surface area contributed by atoms with Gasteiger partial charge in [-0.05, 0) is 91.4 Å². The van der Waals surface area contributed by atoms with Crippen LogP contribution in [0.4, 0.5) is 10.2 Å². The molecule has 2 aliphatic carbocycles. The minimum atomic E-state index is -0.707. The average Bonchev–Trinajstić information content (AvgIpc) is 3.64. The number of rotatable bonds is 8. The molecule has 7 nitrogen and oxygen atoms in total. The van der Waals surface area contributed by atoms with Crippen molar-refractivity contribution in [3.8, 4) is 0 Å². The number of aromatic nitrogens is 3. The molecule has 0 bridgehead atoms. The summed E-state index contributed by atoms with van der Waals surface area (Å²) in [7, 11) is 0. The number of carbonyl (C=O) groups excluding carboxylic acids is 2. The summed E-state index contributed by atoms with van der Waals surface area (Å²) >= 11 is 3.06. The summed E-state index contributed by atoms with van der Waals surface area (Å²) in [4.78, 5) is 30.0. The lowest BCUT2D eigenvalue weighted by molar-refractivity contribution is -0.119. The summed E-state index contributed by atoms with van der Waals surface area (Å²) in [5.74, 6) is -0.340. The zero-order chi connectivity index (χ0) is 21.4. The number of hydrogen-bond donors (Lipinski definition) is 2. The molecule has 0 aromatic carbocycles. The third-order valence-corrected chi connectivity index (χ3v) is 6.32. The number of nitrogens with zero attached hydrogens (tertiary/aromatic N) is 3. The van der Waals surface area contributed by atoms with Crippen LogP contribution in [0.5, 0.6) is 0 Å². The van der Waals surface area contributed by atoms with Crippen molar-refractivity contribution in [3.05, 3.63) is 40.5 Å². The largest absolute Gasteiger partial charge is 0.339 e. The quantitative estimate of drug-likeness (QED) is 0.563. The van der Waals surface area contributed by atoms with E-state index in [0.717, 1.165) is 25.7 Å². The summed E-state index contributed by atoms with van der Waals surface area (Å²) in [6.07, 6.45) is 5.84. The standard InChI is InChI=1S/C21H25BrFN5O2/c1-11(2)28-15(9-10-24-28)20(29)27-18(17(12-3-4-12)13-5-6-13)21(30)26-16-8-7-14(22)19(23)25-16/h7-13,17-18H,3-6H2,1-2H3,(H,27,29)(H,25,26,30)/t18-/m0/s1. The molecule has 2 saturated carbocycles. The van der Waals surface area contributed by atoms with Crippen molar-refractivity contribution in [1.29, 1.82) is 0 Å². The van der Waals surface area contributed by atoms with Gasteiger partial charge in [0.25, 0.3) is 5.91 Å². The van der Waals surface area contributed by atoms with Crippen LogP contribution in [0.1, 0.15) is 56.1 Å². The first-order chi connectivity index (χ1) is 14.3. The Morgan fingerprint density at radius 2 is 1.83 bits per heavy atom. The van der Waals surface area contributed by atoms with Crippen molar-refractivity contribution < 1.29 is 14.0 Å². The molecule has 0 radical (unpaired) electrons. The normalized spacial score (nSPS) is 17.3. The van der Waals surface area contributed by atoms with E-state index in [1.165, 1.54) is 12.1 Å². The van der Waals surface area contributed by atoms with E-state index in [1.807, 2.05) is 13.8 Å². The summed E-state index contributed by atoms with van der Waals surface area (Å²) in [5.41, 5.74) is 0.418. The maximum absolute atomic E-state index is 13.8. The average molecular weight is 478 g/mol. The van der Waals surface area contributed by atoms with Gasteiger partial charge in [-0.15, -0.1) is 0 Å². The van der Waals surface area contributed by atoms with E-state index >= 15 is 0 Å².